The minimum absolute atomic E-state index is 0.0438. The normalized spacial score (nSPS) is 19.5. The van der Waals surface area contributed by atoms with Crippen molar-refractivity contribution in [3.8, 4) is 0 Å². The Bertz CT molecular complexity index is 1040. The first-order chi connectivity index (χ1) is 13.2. The molecule has 2 aromatic heterocycles. The molecule has 1 saturated heterocycles. The lowest BCUT2D eigenvalue weighted by Gasteiger charge is -2.21. The number of hydrogen-bond acceptors (Lipinski definition) is 5. The van der Waals surface area contributed by atoms with Crippen molar-refractivity contribution < 1.29 is 13.2 Å². The number of amides is 1. The Morgan fingerprint density at radius 3 is 2.34 bits per heavy atom. The van der Waals surface area contributed by atoms with Crippen molar-refractivity contribution in [3.05, 3.63) is 29.2 Å². The lowest BCUT2D eigenvalue weighted by molar-refractivity contribution is 0.102. The van der Waals surface area contributed by atoms with E-state index in [4.69, 9.17) is 0 Å². The third-order valence-electron chi connectivity index (χ3n) is 5.19. The number of sulfone groups is 1. The van der Waals surface area contributed by atoms with Gasteiger partial charge in [-0.25, -0.2) is 13.1 Å². The summed E-state index contributed by atoms with van der Waals surface area (Å²) in [7, 11) is -3.07. The van der Waals surface area contributed by atoms with E-state index in [9.17, 15) is 13.2 Å². The van der Waals surface area contributed by atoms with Crippen molar-refractivity contribution in [2.24, 2.45) is 0 Å². The quantitative estimate of drug-likeness (QED) is 0.821. The molecule has 2 aromatic rings. The predicted octanol–water partition coefficient (Wildman–Crippen LogP) is 3.05. The van der Waals surface area contributed by atoms with E-state index < -0.39 is 9.84 Å². The minimum Gasteiger partial charge on any atom is -0.307 e. The smallest absolute Gasteiger partial charge is 0.260 e. The number of carbonyl (C=O) groups is 1. The summed E-state index contributed by atoms with van der Waals surface area (Å²) in [4.78, 5) is 13.0. The zero-order chi connectivity index (χ0) is 21.8. The first-order valence-electron chi connectivity index (χ1n) is 9.86. The van der Waals surface area contributed by atoms with Gasteiger partial charge in [-0.1, -0.05) is 20.8 Å². The molecule has 1 amide bonds. The lowest BCUT2D eigenvalue weighted by Crippen LogP contribution is -2.25. The van der Waals surface area contributed by atoms with Crippen LogP contribution < -0.4 is 5.32 Å². The molecule has 8 nitrogen and oxygen atoms in total. The summed E-state index contributed by atoms with van der Waals surface area (Å²) < 4.78 is 27.4. The second-order valence-electron chi connectivity index (χ2n) is 9.85. The van der Waals surface area contributed by atoms with Crippen LogP contribution in [0.2, 0.25) is 0 Å². The largest absolute Gasteiger partial charge is 0.307 e. The van der Waals surface area contributed by atoms with Crippen LogP contribution in [0.3, 0.4) is 0 Å². The highest BCUT2D eigenvalue weighted by molar-refractivity contribution is 7.91. The fourth-order valence-electron chi connectivity index (χ4n) is 3.59. The SMILES string of the molecule is Cc1c(C(=O)Nc2cc(C(C)(C)C)nn2C2CCS(=O)(=O)C2)cnn1C(C)(C)C. The molecule has 0 radical (unpaired) electrons. The second kappa shape index (κ2) is 6.97. The molecule has 0 spiro atoms. The Kier molecular flexibility index (Phi) is 5.18. The second-order valence-corrected chi connectivity index (χ2v) is 12.1. The third kappa shape index (κ3) is 4.39. The molecule has 29 heavy (non-hydrogen) atoms. The van der Waals surface area contributed by atoms with Crippen molar-refractivity contribution in [1.29, 1.82) is 0 Å². The highest BCUT2D eigenvalue weighted by Gasteiger charge is 2.33. The maximum absolute atomic E-state index is 13.0. The summed E-state index contributed by atoms with van der Waals surface area (Å²) in [5, 5.41) is 12.0. The molecule has 0 saturated carbocycles. The Morgan fingerprint density at radius 1 is 1.21 bits per heavy atom. The van der Waals surface area contributed by atoms with E-state index in [0.29, 0.717) is 17.8 Å². The summed E-state index contributed by atoms with van der Waals surface area (Å²) in [5.41, 5.74) is 1.61. The molecule has 1 atom stereocenters. The van der Waals surface area contributed by atoms with Gasteiger partial charge in [0.2, 0.25) is 0 Å². The average Bonchev–Trinajstić information content (AvgIpc) is 3.22. The number of nitrogens with one attached hydrogen (secondary N) is 1. The van der Waals surface area contributed by atoms with Crippen LogP contribution in [0.1, 0.15) is 75.8 Å². The van der Waals surface area contributed by atoms with Crippen molar-refractivity contribution in [1.82, 2.24) is 19.6 Å². The standard InChI is InChI=1S/C20H31N5O3S/c1-13-15(11-21-25(13)20(5,6)7)18(26)22-17-10-16(19(2,3)4)23-24(17)14-8-9-29(27,28)12-14/h10-11,14H,8-9,12H2,1-7H3,(H,22,26). The van der Waals surface area contributed by atoms with Gasteiger partial charge in [0.1, 0.15) is 5.82 Å². The number of nitrogens with zero attached hydrogens (tertiary/aromatic N) is 4. The molecule has 1 fully saturated rings. The summed E-state index contributed by atoms with van der Waals surface area (Å²) in [6.07, 6.45) is 2.07. The summed E-state index contributed by atoms with van der Waals surface area (Å²) in [6.45, 7) is 14.1. The van der Waals surface area contributed by atoms with Crippen LogP contribution in [0.25, 0.3) is 0 Å². The van der Waals surface area contributed by atoms with Gasteiger partial charge in [-0.3, -0.25) is 9.48 Å². The predicted molar refractivity (Wildman–Crippen MR) is 113 cm³/mol. The number of hydrogen-bond donors (Lipinski definition) is 1. The first kappa shape index (κ1) is 21.5. The monoisotopic (exact) mass is 421 g/mol. The highest BCUT2D eigenvalue weighted by atomic mass is 32.2. The molecular formula is C20H31N5O3S. The molecule has 160 valence electrons. The molecule has 1 N–H and O–H groups in total. The number of carbonyl (C=O) groups excluding carboxylic acids is 1. The molecular weight excluding hydrogens is 390 g/mol. The van der Waals surface area contributed by atoms with Crippen molar-refractivity contribution in [3.63, 3.8) is 0 Å². The van der Waals surface area contributed by atoms with E-state index in [2.05, 4.69) is 15.5 Å². The molecule has 1 unspecified atom stereocenters. The lowest BCUT2D eigenvalue weighted by atomic mass is 9.92. The van der Waals surface area contributed by atoms with E-state index in [-0.39, 0.29) is 34.4 Å². The van der Waals surface area contributed by atoms with Gasteiger partial charge < -0.3 is 5.32 Å². The molecule has 0 aromatic carbocycles. The van der Waals surface area contributed by atoms with Crippen LogP contribution in [0.5, 0.6) is 0 Å². The van der Waals surface area contributed by atoms with E-state index in [1.807, 2.05) is 59.2 Å². The van der Waals surface area contributed by atoms with E-state index in [1.54, 1.807) is 10.9 Å². The Morgan fingerprint density at radius 2 is 1.86 bits per heavy atom. The van der Waals surface area contributed by atoms with Gasteiger partial charge in [-0.05, 0) is 34.1 Å². The number of anilines is 1. The molecule has 0 bridgehead atoms. The van der Waals surface area contributed by atoms with Crippen LogP contribution in [0.15, 0.2) is 12.3 Å². The molecule has 0 aliphatic carbocycles. The molecule has 1 aliphatic heterocycles. The molecule has 3 rings (SSSR count). The zero-order valence-electron chi connectivity index (χ0n) is 18.3. The van der Waals surface area contributed by atoms with Crippen LogP contribution >= 0.6 is 0 Å². The number of rotatable bonds is 3. The molecule has 9 heteroatoms. The van der Waals surface area contributed by atoms with Gasteiger partial charge in [0, 0.05) is 17.2 Å². The summed E-state index contributed by atoms with van der Waals surface area (Å²) in [5.74, 6) is 0.431. The average molecular weight is 422 g/mol. The summed E-state index contributed by atoms with van der Waals surface area (Å²) in [6, 6.07) is 1.57. The van der Waals surface area contributed by atoms with E-state index in [0.717, 1.165) is 11.4 Å². The van der Waals surface area contributed by atoms with Crippen molar-refractivity contribution in [2.75, 3.05) is 16.8 Å². The van der Waals surface area contributed by atoms with Gasteiger partial charge >= 0.3 is 0 Å². The van der Waals surface area contributed by atoms with Crippen molar-refractivity contribution >= 4 is 21.6 Å². The van der Waals surface area contributed by atoms with Gasteiger partial charge in [-0.15, -0.1) is 0 Å². The van der Waals surface area contributed by atoms with Gasteiger partial charge in [0.05, 0.1) is 40.5 Å². The number of aromatic nitrogens is 4. The van der Waals surface area contributed by atoms with E-state index in [1.165, 1.54) is 0 Å². The summed E-state index contributed by atoms with van der Waals surface area (Å²) >= 11 is 0. The maximum Gasteiger partial charge on any atom is 0.260 e. The minimum atomic E-state index is -3.07. The Balaban J connectivity index is 1.95. The molecule has 3 heterocycles. The van der Waals surface area contributed by atoms with E-state index >= 15 is 0 Å². The van der Waals surface area contributed by atoms with Crippen LogP contribution in [-0.2, 0) is 20.8 Å². The zero-order valence-corrected chi connectivity index (χ0v) is 19.1. The first-order valence-corrected chi connectivity index (χ1v) is 11.7. The molecule has 1 aliphatic rings. The van der Waals surface area contributed by atoms with Crippen molar-refractivity contribution in [2.45, 2.75) is 71.9 Å². The van der Waals surface area contributed by atoms with Crippen LogP contribution in [0.4, 0.5) is 5.82 Å². The Labute approximate surface area is 172 Å². The van der Waals surface area contributed by atoms with Gasteiger partial charge in [0.15, 0.2) is 9.84 Å². The van der Waals surface area contributed by atoms with Crippen LogP contribution in [0, 0.1) is 6.92 Å². The fourth-order valence-corrected chi connectivity index (χ4v) is 5.29. The van der Waals surface area contributed by atoms with Gasteiger partial charge in [0.25, 0.3) is 5.91 Å². The van der Waals surface area contributed by atoms with Gasteiger partial charge in [-0.2, -0.15) is 10.2 Å². The topological polar surface area (TPSA) is 98.9 Å². The van der Waals surface area contributed by atoms with Crippen LogP contribution in [-0.4, -0.2) is 45.4 Å². The third-order valence-corrected chi connectivity index (χ3v) is 6.94. The fraction of sp³-hybridized carbons (Fsp3) is 0.650. The highest BCUT2D eigenvalue weighted by Crippen LogP contribution is 2.31. The maximum atomic E-state index is 13.0. The Hall–Kier alpha value is -2.16.